The van der Waals surface area contributed by atoms with Crippen LogP contribution < -0.4 is 0 Å². The summed E-state index contributed by atoms with van der Waals surface area (Å²) in [4.78, 5) is 35.0. The van der Waals surface area contributed by atoms with Crippen LogP contribution in [0.15, 0.2) is 0 Å². The summed E-state index contributed by atoms with van der Waals surface area (Å²) >= 11 is 0. The Hall–Kier alpha value is -1.14. The zero-order valence-electron chi connectivity index (χ0n) is 31.2. The number of Topliss-reactive ketones (excluding diaryl/α,β-unsaturated/α-hetero) is 1. The number of ether oxygens (including phenoxy) is 4. The summed E-state index contributed by atoms with van der Waals surface area (Å²) in [5.41, 5.74) is -2.29. The Morgan fingerprint density at radius 1 is 1.02 bits per heavy atom. The van der Waals surface area contributed by atoms with Gasteiger partial charge in [-0.25, -0.2) is 0 Å². The van der Waals surface area contributed by atoms with Crippen LogP contribution in [0.1, 0.15) is 99.3 Å². The molecule has 10 heteroatoms. The molecule has 4 rings (SSSR count). The minimum atomic E-state index is -1.39. The second-order valence-electron chi connectivity index (χ2n) is 16.6. The van der Waals surface area contributed by atoms with E-state index >= 15 is 0 Å². The molecule has 1 N–H and O–H groups in total. The molecule has 3 aliphatic heterocycles. The molecule has 3 heterocycles. The van der Waals surface area contributed by atoms with E-state index in [0.29, 0.717) is 18.8 Å². The first kappa shape index (κ1) is 38.7. The maximum atomic E-state index is 14.3. The second-order valence-corrected chi connectivity index (χ2v) is 16.6. The van der Waals surface area contributed by atoms with Gasteiger partial charge < -0.3 is 33.9 Å². The van der Waals surface area contributed by atoms with Gasteiger partial charge in [-0.1, -0.05) is 26.7 Å². The molecule has 1 saturated carbocycles. The summed E-state index contributed by atoms with van der Waals surface area (Å²) in [5, 5.41) is 11.4. The lowest BCUT2D eigenvalue weighted by Crippen LogP contribution is -2.59. The third-order valence-corrected chi connectivity index (χ3v) is 12.1. The minimum absolute atomic E-state index is 0.0598. The van der Waals surface area contributed by atoms with E-state index in [2.05, 4.69) is 23.8 Å². The number of carbonyl (C=O) groups is 2. The smallest absolute Gasteiger partial charge is 0.319 e. The van der Waals surface area contributed by atoms with E-state index in [1.165, 1.54) is 38.5 Å². The molecule has 0 bridgehead atoms. The predicted octanol–water partition coefficient (Wildman–Crippen LogP) is 4.36. The van der Waals surface area contributed by atoms with Crippen molar-refractivity contribution in [2.45, 2.75) is 148 Å². The van der Waals surface area contributed by atoms with Crippen molar-refractivity contribution < 1.29 is 33.6 Å². The van der Waals surface area contributed by atoms with Gasteiger partial charge in [-0.3, -0.25) is 14.5 Å². The zero-order valence-corrected chi connectivity index (χ0v) is 31.2. The van der Waals surface area contributed by atoms with Gasteiger partial charge >= 0.3 is 5.97 Å². The molecule has 10 nitrogen and oxygen atoms in total. The highest BCUT2D eigenvalue weighted by molar-refractivity contribution is 6.04. The lowest BCUT2D eigenvalue weighted by molar-refractivity contribution is -0.295. The standard InChI is InChI=1S/C37H67N3O7/c1-24-21-37(6,44-10)33(47-34-31(41)30(38(7)8)19-25(2)46-34)26(3)32(42)36(4,5)35(43)45-23-29(39(9)22-24)20-27-15-17-40(18-16-27)28-13-11-12-14-28/h24-31,33-34,41H,11-23H2,1-10H3/t24-,25-,26+,29-,30+,31-,33-,34+,37-/m1/s1. The van der Waals surface area contributed by atoms with Gasteiger partial charge in [0, 0.05) is 37.7 Å². The quantitative estimate of drug-likeness (QED) is 0.312. The number of esters is 1. The monoisotopic (exact) mass is 665 g/mol. The Bertz CT molecular complexity index is 1030. The average Bonchev–Trinajstić information content (AvgIpc) is 3.57. The number of methoxy groups -OCH3 is 1. The number of carbonyl (C=O) groups excluding carboxylic acids is 2. The van der Waals surface area contributed by atoms with Crippen molar-refractivity contribution in [3.63, 3.8) is 0 Å². The molecule has 9 atom stereocenters. The third-order valence-electron chi connectivity index (χ3n) is 12.1. The van der Waals surface area contributed by atoms with E-state index in [-0.39, 0.29) is 36.5 Å². The molecule has 0 aromatic heterocycles. The first-order chi connectivity index (χ1) is 22.1. The maximum Gasteiger partial charge on any atom is 0.319 e. The van der Waals surface area contributed by atoms with Crippen LogP contribution in [0.3, 0.4) is 0 Å². The number of piperidine rings is 1. The first-order valence-corrected chi connectivity index (χ1v) is 18.4. The number of likely N-dealkylation sites (N-methyl/N-ethyl adjacent to an activating group) is 2. The van der Waals surface area contributed by atoms with Crippen LogP contribution in [0.25, 0.3) is 0 Å². The molecule has 0 spiro atoms. The van der Waals surface area contributed by atoms with Gasteiger partial charge in [0.05, 0.1) is 17.8 Å². The molecule has 47 heavy (non-hydrogen) atoms. The van der Waals surface area contributed by atoms with Gasteiger partial charge in [0.2, 0.25) is 0 Å². The number of nitrogens with zero attached hydrogens (tertiary/aromatic N) is 3. The van der Waals surface area contributed by atoms with E-state index < -0.39 is 41.4 Å². The molecule has 0 aromatic rings. The molecule has 0 unspecified atom stereocenters. The summed E-state index contributed by atoms with van der Waals surface area (Å²) in [5.74, 6) is -0.754. The number of aliphatic hydroxyl groups excluding tert-OH is 1. The van der Waals surface area contributed by atoms with Crippen molar-refractivity contribution in [3.8, 4) is 0 Å². The van der Waals surface area contributed by atoms with E-state index in [1.807, 2.05) is 32.8 Å². The van der Waals surface area contributed by atoms with Gasteiger partial charge in [-0.05, 0) is 119 Å². The largest absolute Gasteiger partial charge is 0.463 e. The van der Waals surface area contributed by atoms with Crippen LogP contribution in [0.5, 0.6) is 0 Å². The van der Waals surface area contributed by atoms with Gasteiger partial charge in [0.15, 0.2) is 12.1 Å². The molecule has 4 aliphatic rings. The third kappa shape index (κ3) is 9.16. The van der Waals surface area contributed by atoms with Crippen molar-refractivity contribution in [1.29, 1.82) is 0 Å². The molecule has 0 radical (unpaired) electrons. The highest BCUT2D eigenvalue weighted by atomic mass is 16.7. The Balaban J connectivity index is 1.56. The first-order valence-electron chi connectivity index (χ1n) is 18.4. The SMILES string of the molecule is CO[C@]1(C)C[C@@H](C)CN(C)[C@H](CC2CCN(C3CCCC3)CC2)COC(=O)C(C)(C)C(=O)[C@H](C)[C@H]1O[C@@H]1O[C@H](C)C[C@H](N(C)C)[C@H]1O. The van der Waals surface area contributed by atoms with E-state index in [9.17, 15) is 14.7 Å². The second kappa shape index (κ2) is 16.3. The van der Waals surface area contributed by atoms with Crippen LogP contribution in [-0.2, 0) is 28.5 Å². The number of likely N-dealkylation sites (tertiary alicyclic amines) is 1. The van der Waals surface area contributed by atoms with Gasteiger partial charge in [0.1, 0.15) is 18.1 Å². The van der Waals surface area contributed by atoms with Crippen molar-refractivity contribution in [2.24, 2.45) is 23.2 Å². The molecular formula is C37H67N3O7. The predicted molar refractivity (Wildman–Crippen MR) is 183 cm³/mol. The van der Waals surface area contributed by atoms with Crippen molar-refractivity contribution in [2.75, 3.05) is 54.5 Å². The Kier molecular flexibility index (Phi) is 13.4. The molecule has 0 aromatic carbocycles. The maximum absolute atomic E-state index is 14.3. The number of ketones is 1. The van der Waals surface area contributed by atoms with Crippen LogP contribution in [0.4, 0.5) is 0 Å². The fraction of sp³-hybridized carbons (Fsp3) is 0.946. The summed E-state index contributed by atoms with van der Waals surface area (Å²) < 4.78 is 25.1. The van der Waals surface area contributed by atoms with Gasteiger partial charge in [0.25, 0.3) is 0 Å². The van der Waals surface area contributed by atoms with Gasteiger partial charge in [-0.15, -0.1) is 0 Å². The summed E-state index contributed by atoms with van der Waals surface area (Å²) in [7, 11) is 7.67. The molecule has 1 aliphatic carbocycles. The number of aliphatic hydroxyl groups is 1. The fourth-order valence-corrected chi connectivity index (χ4v) is 9.05. The number of rotatable bonds is 7. The summed E-state index contributed by atoms with van der Waals surface area (Å²) in [6.07, 6.45) is 7.21. The minimum Gasteiger partial charge on any atom is -0.463 e. The van der Waals surface area contributed by atoms with E-state index in [0.717, 1.165) is 32.1 Å². The molecule has 272 valence electrons. The molecule has 4 fully saturated rings. The van der Waals surface area contributed by atoms with Crippen molar-refractivity contribution >= 4 is 11.8 Å². The summed E-state index contributed by atoms with van der Waals surface area (Å²) in [6.45, 7) is 14.6. The number of cyclic esters (lactones) is 1. The Labute approximate surface area is 285 Å². The average molecular weight is 666 g/mol. The topological polar surface area (TPSA) is 101 Å². The zero-order chi connectivity index (χ0) is 34.7. The summed E-state index contributed by atoms with van der Waals surface area (Å²) in [6, 6.07) is 0.662. The lowest BCUT2D eigenvalue weighted by Gasteiger charge is -2.47. The molecule has 0 amide bonds. The highest BCUT2D eigenvalue weighted by Gasteiger charge is 2.51. The normalized spacial score (nSPS) is 39.7. The lowest BCUT2D eigenvalue weighted by atomic mass is 9.74. The number of hydrogen-bond donors (Lipinski definition) is 1. The Morgan fingerprint density at radius 3 is 2.26 bits per heavy atom. The van der Waals surface area contributed by atoms with E-state index in [1.54, 1.807) is 27.9 Å². The van der Waals surface area contributed by atoms with Crippen molar-refractivity contribution in [3.05, 3.63) is 0 Å². The number of hydrogen-bond acceptors (Lipinski definition) is 10. The van der Waals surface area contributed by atoms with Crippen LogP contribution in [0, 0.1) is 23.2 Å². The fourth-order valence-electron chi connectivity index (χ4n) is 9.05. The van der Waals surface area contributed by atoms with Gasteiger partial charge in [-0.2, -0.15) is 0 Å². The van der Waals surface area contributed by atoms with Crippen molar-refractivity contribution in [1.82, 2.24) is 14.7 Å². The molecular weight excluding hydrogens is 598 g/mol. The van der Waals surface area contributed by atoms with Crippen LogP contribution in [-0.4, -0.2) is 134 Å². The highest BCUT2D eigenvalue weighted by Crippen LogP contribution is 2.39. The molecule has 3 saturated heterocycles. The van der Waals surface area contributed by atoms with Crippen LogP contribution in [0.2, 0.25) is 0 Å². The van der Waals surface area contributed by atoms with E-state index in [4.69, 9.17) is 18.9 Å². The Morgan fingerprint density at radius 2 is 1.66 bits per heavy atom. The van der Waals surface area contributed by atoms with Crippen LogP contribution >= 0.6 is 0 Å².